The van der Waals surface area contributed by atoms with Crippen LogP contribution in [-0.2, 0) is 14.3 Å². The van der Waals surface area contributed by atoms with Crippen LogP contribution < -0.4 is 0 Å². The number of unbranched alkanes of at least 4 members (excludes halogenated alkanes) is 10. The van der Waals surface area contributed by atoms with Gasteiger partial charge in [-0.05, 0) is 46.2 Å². The number of carbonyl (C=O) groups excluding carboxylic acids is 2. The Morgan fingerprint density at radius 1 is 0.750 bits per heavy atom. The number of allylic oxidation sites excluding steroid dienone is 1. The van der Waals surface area contributed by atoms with Crippen LogP contribution in [0.5, 0.6) is 0 Å². The summed E-state index contributed by atoms with van der Waals surface area (Å²) in [6.07, 6.45) is 23.5. The third-order valence-electron chi connectivity index (χ3n) is 7.04. The molecule has 236 valence electrons. The van der Waals surface area contributed by atoms with Gasteiger partial charge in [-0.1, -0.05) is 115 Å². The molecule has 0 spiro atoms. The van der Waals surface area contributed by atoms with E-state index in [1.54, 1.807) is 0 Å². The average Bonchev–Trinajstić information content (AvgIpc) is 2.93. The molecule has 0 N–H and O–H groups in total. The van der Waals surface area contributed by atoms with Crippen LogP contribution in [0.25, 0.3) is 0 Å². The van der Waals surface area contributed by atoms with Crippen LogP contribution in [-0.4, -0.2) is 79.8 Å². The molecule has 0 aliphatic heterocycles. The maximum absolute atomic E-state index is 13.0. The third kappa shape index (κ3) is 25.9. The molecular weight excluding hydrogens is 520 g/mol. The summed E-state index contributed by atoms with van der Waals surface area (Å²) in [5.41, 5.74) is 0. The zero-order valence-corrected chi connectivity index (χ0v) is 27.7. The summed E-state index contributed by atoms with van der Waals surface area (Å²) >= 11 is 1.36. The van der Waals surface area contributed by atoms with Crippen molar-refractivity contribution in [3.05, 3.63) is 12.2 Å². The first-order valence-electron chi connectivity index (χ1n) is 16.4. The minimum absolute atomic E-state index is 0.0762. The van der Waals surface area contributed by atoms with Crippen LogP contribution >= 0.6 is 11.8 Å². The number of rotatable bonds is 28. The Labute approximate surface area is 252 Å². The van der Waals surface area contributed by atoms with E-state index >= 15 is 0 Å². The number of esters is 1. The molecule has 0 fully saturated rings. The molecule has 0 saturated heterocycles. The van der Waals surface area contributed by atoms with Crippen LogP contribution in [0.3, 0.4) is 0 Å². The second-order valence-corrected chi connectivity index (χ2v) is 12.2. The predicted molar refractivity (Wildman–Crippen MR) is 173 cm³/mol. The van der Waals surface area contributed by atoms with Crippen molar-refractivity contribution >= 4 is 23.0 Å². The number of thioether (sulfide) groups is 1. The standard InChI is InChI=1S/C33H64N2O4S/c1-6-9-12-15-16-17-20-28-39-32(36)24-21-25-35(33(37)40-30-27-34(4)5)26-29-38-31(22-18-13-10-7-2)23-19-14-11-8-3/h17,20,31H,6-16,18-19,21-30H2,1-5H3/b20-17-. The number of carbonyl (C=O) groups is 2. The van der Waals surface area contributed by atoms with Crippen molar-refractivity contribution in [1.82, 2.24) is 9.80 Å². The van der Waals surface area contributed by atoms with E-state index in [0.717, 1.165) is 31.6 Å². The minimum Gasteiger partial charge on any atom is -0.461 e. The lowest BCUT2D eigenvalue weighted by Crippen LogP contribution is -2.34. The first-order valence-corrected chi connectivity index (χ1v) is 17.4. The molecular formula is C33H64N2O4S. The molecule has 0 aliphatic carbocycles. The first kappa shape index (κ1) is 39.0. The van der Waals surface area contributed by atoms with Gasteiger partial charge in [-0.25, -0.2) is 0 Å². The van der Waals surface area contributed by atoms with Crippen molar-refractivity contribution in [1.29, 1.82) is 0 Å². The van der Waals surface area contributed by atoms with Crippen molar-refractivity contribution in [2.75, 3.05) is 52.7 Å². The van der Waals surface area contributed by atoms with Gasteiger partial charge in [-0.3, -0.25) is 9.59 Å². The summed E-state index contributed by atoms with van der Waals surface area (Å²) in [6.45, 7) is 9.58. The molecule has 0 saturated carbocycles. The summed E-state index contributed by atoms with van der Waals surface area (Å²) in [4.78, 5) is 29.2. The number of amides is 1. The van der Waals surface area contributed by atoms with Crippen molar-refractivity contribution in [3.8, 4) is 0 Å². The summed E-state index contributed by atoms with van der Waals surface area (Å²) < 4.78 is 11.7. The summed E-state index contributed by atoms with van der Waals surface area (Å²) in [7, 11) is 4.04. The average molecular weight is 585 g/mol. The molecule has 0 radical (unpaired) electrons. The van der Waals surface area contributed by atoms with Crippen LogP contribution in [0.2, 0.25) is 0 Å². The Bertz CT molecular complexity index is 603. The van der Waals surface area contributed by atoms with E-state index in [1.807, 2.05) is 25.1 Å². The molecule has 0 atom stereocenters. The molecule has 0 unspecified atom stereocenters. The highest BCUT2D eigenvalue weighted by Crippen LogP contribution is 2.17. The van der Waals surface area contributed by atoms with Crippen LogP contribution in [0.4, 0.5) is 4.79 Å². The molecule has 0 aromatic heterocycles. The van der Waals surface area contributed by atoms with E-state index in [2.05, 4.69) is 31.7 Å². The molecule has 0 aliphatic rings. The monoisotopic (exact) mass is 584 g/mol. The zero-order chi connectivity index (χ0) is 29.7. The quantitative estimate of drug-likeness (QED) is 0.0520. The maximum atomic E-state index is 13.0. The molecule has 0 heterocycles. The Morgan fingerprint density at radius 2 is 1.38 bits per heavy atom. The van der Waals surface area contributed by atoms with Crippen molar-refractivity contribution in [2.24, 2.45) is 0 Å². The van der Waals surface area contributed by atoms with E-state index in [0.29, 0.717) is 39.1 Å². The fourth-order valence-electron chi connectivity index (χ4n) is 4.44. The Balaban J connectivity index is 4.64. The van der Waals surface area contributed by atoms with Gasteiger partial charge in [-0.2, -0.15) is 0 Å². The Morgan fingerprint density at radius 3 is 1.98 bits per heavy atom. The van der Waals surface area contributed by atoms with Crippen molar-refractivity contribution in [3.63, 3.8) is 0 Å². The van der Waals surface area contributed by atoms with Gasteiger partial charge in [0.1, 0.15) is 6.61 Å². The third-order valence-corrected chi connectivity index (χ3v) is 7.93. The topological polar surface area (TPSA) is 59.1 Å². The fourth-order valence-corrected chi connectivity index (χ4v) is 5.44. The van der Waals surface area contributed by atoms with Gasteiger partial charge in [-0.15, -0.1) is 0 Å². The smallest absolute Gasteiger partial charge is 0.306 e. The highest BCUT2D eigenvalue weighted by atomic mass is 32.2. The molecule has 0 aromatic rings. The maximum Gasteiger partial charge on any atom is 0.306 e. The second kappa shape index (κ2) is 29.4. The number of ether oxygens (including phenoxy) is 2. The molecule has 6 nitrogen and oxygen atoms in total. The SMILES string of the molecule is CCCCCC/C=C\COC(=O)CCCN(CCOC(CCCCCC)CCCCCC)C(=O)SCCN(C)C. The van der Waals surface area contributed by atoms with Gasteiger partial charge in [0.05, 0.1) is 12.7 Å². The van der Waals surface area contributed by atoms with Gasteiger partial charge >= 0.3 is 5.97 Å². The highest BCUT2D eigenvalue weighted by molar-refractivity contribution is 8.13. The molecule has 40 heavy (non-hydrogen) atoms. The van der Waals surface area contributed by atoms with Crippen LogP contribution in [0.1, 0.15) is 130 Å². The summed E-state index contributed by atoms with van der Waals surface area (Å²) in [6, 6.07) is 0. The number of hydrogen-bond donors (Lipinski definition) is 0. The normalized spacial score (nSPS) is 11.7. The van der Waals surface area contributed by atoms with E-state index in [1.165, 1.54) is 88.8 Å². The van der Waals surface area contributed by atoms with Gasteiger partial charge in [0.15, 0.2) is 0 Å². The van der Waals surface area contributed by atoms with Crippen LogP contribution in [0.15, 0.2) is 12.2 Å². The molecule has 1 amide bonds. The fraction of sp³-hybridized carbons (Fsp3) is 0.879. The van der Waals surface area contributed by atoms with E-state index in [-0.39, 0.29) is 17.3 Å². The zero-order valence-electron chi connectivity index (χ0n) is 26.9. The van der Waals surface area contributed by atoms with Crippen LogP contribution in [0, 0.1) is 0 Å². The van der Waals surface area contributed by atoms with Crippen molar-refractivity contribution < 1.29 is 19.1 Å². The minimum atomic E-state index is -0.196. The number of hydrogen-bond acceptors (Lipinski definition) is 6. The Hall–Kier alpha value is -1.05. The lowest BCUT2D eigenvalue weighted by Gasteiger charge is -2.24. The summed E-state index contributed by atoms with van der Waals surface area (Å²) in [5.74, 6) is 0.562. The molecule has 0 aromatic carbocycles. The van der Waals surface area contributed by atoms with Crippen molar-refractivity contribution in [2.45, 2.75) is 136 Å². The molecule has 0 rings (SSSR count). The summed E-state index contributed by atoms with van der Waals surface area (Å²) in [5, 5.41) is 0.0762. The van der Waals surface area contributed by atoms with Gasteiger partial charge in [0.2, 0.25) is 0 Å². The van der Waals surface area contributed by atoms with E-state index in [9.17, 15) is 9.59 Å². The lowest BCUT2D eigenvalue weighted by molar-refractivity contribution is -0.142. The van der Waals surface area contributed by atoms with E-state index in [4.69, 9.17) is 9.47 Å². The van der Waals surface area contributed by atoms with Gasteiger partial charge in [0.25, 0.3) is 5.24 Å². The molecule has 7 heteroatoms. The first-order chi connectivity index (χ1) is 19.4. The van der Waals surface area contributed by atoms with Gasteiger partial charge in [0, 0.05) is 31.8 Å². The lowest BCUT2D eigenvalue weighted by atomic mass is 10.0. The number of nitrogens with zero attached hydrogens (tertiary/aromatic N) is 2. The Kier molecular flexibility index (Phi) is 28.7. The van der Waals surface area contributed by atoms with E-state index < -0.39 is 0 Å². The molecule has 0 bridgehead atoms. The second-order valence-electron chi connectivity index (χ2n) is 11.2. The predicted octanol–water partition coefficient (Wildman–Crippen LogP) is 8.88. The van der Waals surface area contributed by atoms with Gasteiger partial charge < -0.3 is 19.3 Å². The largest absolute Gasteiger partial charge is 0.461 e. The highest BCUT2D eigenvalue weighted by Gasteiger charge is 2.17.